The normalized spacial score (nSPS) is 11.4. The number of hydrogen-bond acceptors (Lipinski definition) is 3. The third-order valence-corrected chi connectivity index (χ3v) is 4.64. The van der Waals surface area contributed by atoms with E-state index in [1.54, 1.807) is 12.1 Å². The predicted octanol–water partition coefficient (Wildman–Crippen LogP) is 3.02. The van der Waals surface area contributed by atoms with Gasteiger partial charge in [-0.1, -0.05) is 23.7 Å². The summed E-state index contributed by atoms with van der Waals surface area (Å²) >= 11 is 5.87. The maximum atomic E-state index is 12.7. The third-order valence-electron chi connectivity index (χ3n) is 3.06. The Morgan fingerprint density at radius 1 is 1.13 bits per heavy atom. The first kappa shape index (κ1) is 17.7. The van der Waals surface area contributed by atoms with E-state index in [-0.39, 0.29) is 18.2 Å². The summed E-state index contributed by atoms with van der Waals surface area (Å²) in [6, 6.07) is 12.7. The van der Waals surface area contributed by atoms with Gasteiger partial charge in [-0.3, -0.25) is 0 Å². The summed E-state index contributed by atoms with van der Waals surface area (Å²) in [5.41, 5.74) is 0.961. The van der Waals surface area contributed by atoms with E-state index in [1.807, 2.05) is 12.1 Å². The van der Waals surface area contributed by atoms with E-state index in [2.05, 4.69) is 4.72 Å². The molecule has 0 spiro atoms. The highest BCUT2D eigenvalue weighted by atomic mass is 35.5. The van der Waals surface area contributed by atoms with E-state index in [4.69, 9.17) is 16.3 Å². The van der Waals surface area contributed by atoms with Crippen LogP contribution in [0.2, 0.25) is 5.02 Å². The van der Waals surface area contributed by atoms with Crippen LogP contribution in [0.5, 0.6) is 5.75 Å². The molecular weight excluding hydrogens is 341 g/mol. The number of rotatable bonds is 8. The fourth-order valence-corrected chi connectivity index (χ4v) is 2.99. The minimum absolute atomic E-state index is 0.00185. The molecule has 0 aliphatic carbocycles. The molecule has 0 unspecified atom stereocenters. The molecule has 0 amide bonds. The van der Waals surface area contributed by atoms with Crippen molar-refractivity contribution in [3.8, 4) is 5.75 Å². The molecule has 0 fully saturated rings. The molecule has 4 nitrogen and oxygen atoms in total. The molecular formula is C16H17ClFNO3S. The Balaban J connectivity index is 1.72. The first-order valence-corrected chi connectivity index (χ1v) is 9.08. The van der Waals surface area contributed by atoms with E-state index in [0.717, 1.165) is 5.56 Å². The van der Waals surface area contributed by atoms with Crippen molar-refractivity contribution in [3.05, 3.63) is 64.9 Å². The second-order valence-corrected chi connectivity index (χ2v) is 7.26. The highest BCUT2D eigenvalue weighted by molar-refractivity contribution is 7.89. The minimum Gasteiger partial charge on any atom is -0.492 e. The number of benzene rings is 2. The maximum absolute atomic E-state index is 12.7. The van der Waals surface area contributed by atoms with Crippen LogP contribution in [-0.2, 0) is 16.4 Å². The van der Waals surface area contributed by atoms with E-state index in [1.165, 1.54) is 24.3 Å². The molecule has 0 heterocycles. The van der Waals surface area contributed by atoms with Crippen molar-refractivity contribution < 1.29 is 17.5 Å². The number of hydrogen-bond donors (Lipinski definition) is 1. The zero-order valence-electron chi connectivity index (χ0n) is 12.3. The van der Waals surface area contributed by atoms with Crippen molar-refractivity contribution in [3.63, 3.8) is 0 Å². The van der Waals surface area contributed by atoms with Crippen LogP contribution in [0.25, 0.3) is 0 Å². The van der Waals surface area contributed by atoms with Gasteiger partial charge >= 0.3 is 0 Å². The van der Waals surface area contributed by atoms with Gasteiger partial charge in [-0.2, -0.15) is 0 Å². The van der Waals surface area contributed by atoms with Crippen LogP contribution in [0.4, 0.5) is 4.39 Å². The molecule has 0 atom stereocenters. The van der Waals surface area contributed by atoms with E-state index in [9.17, 15) is 12.8 Å². The second kappa shape index (κ2) is 8.29. The van der Waals surface area contributed by atoms with Crippen LogP contribution in [-0.4, -0.2) is 27.3 Å². The molecule has 7 heteroatoms. The summed E-state index contributed by atoms with van der Waals surface area (Å²) in [5, 5.41) is 0.623. The topological polar surface area (TPSA) is 55.4 Å². The van der Waals surface area contributed by atoms with Crippen molar-refractivity contribution in [2.24, 2.45) is 0 Å². The third kappa shape index (κ3) is 6.56. The van der Waals surface area contributed by atoms with Gasteiger partial charge < -0.3 is 4.74 Å². The van der Waals surface area contributed by atoms with Gasteiger partial charge in [-0.15, -0.1) is 0 Å². The van der Waals surface area contributed by atoms with Gasteiger partial charge in [0.2, 0.25) is 10.0 Å². The lowest BCUT2D eigenvalue weighted by molar-refractivity contribution is 0.339. The van der Waals surface area contributed by atoms with E-state index in [0.29, 0.717) is 23.7 Å². The van der Waals surface area contributed by atoms with Gasteiger partial charge in [0.15, 0.2) is 0 Å². The highest BCUT2D eigenvalue weighted by Crippen LogP contribution is 2.12. The number of ether oxygens (including phenoxy) is 1. The lowest BCUT2D eigenvalue weighted by Crippen LogP contribution is -2.30. The Kier molecular flexibility index (Phi) is 6.38. The van der Waals surface area contributed by atoms with Crippen molar-refractivity contribution in [2.75, 3.05) is 18.9 Å². The fraction of sp³-hybridized carbons (Fsp3) is 0.250. The smallest absolute Gasteiger partial charge is 0.214 e. The average molecular weight is 358 g/mol. The largest absolute Gasteiger partial charge is 0.492 e. The highest BCUT2D eigenvalue weighted by Gasteiger charge is 2.10. The molecule has 0 aliphatic heterocycles. The first-order valence-electron chi connectivity index (χ1n) is 7.05. The summed E-state index contributed by atoms with van der Waals surface area (Å²) in [5.74, 6) is -0.104. The molecule has 2 rings (SSSR count). The monoisotopic (exact) mass is 357 g/mol. The fourth-order valence-electron chi connectivity index (χ4n) is 1.92. The second-order valence-electron chi connectivity index (χ2n) is 4.90. The standard InChI is InChI=1S/C16H17ClFNO3S/c17-14-3-1-2-13(12-14)8-9-19-23(20,21)11-10-22-16-6-4-15(18)5-7-16/h1-7,12,19H,8-11H2. The molecule has 2 aromatic rings. The predicted molar refractivity (Wildman–Crippen MR) is 88.8 cm³/mol. The minimum atomic E-state index is -3.42. The summed E-state index contributed by atoms with van der Waals surface area (Å²) in [6.07, 6.45) is 0.554. The summed E-state index contributed by atoms with van der Waals surface area (Å²) < 4.78 is 44.2. The number of sulfonamides is 1. The van der Waals surface area contributed by atoms with Crippen molar-refractivity contribution in [1.82, 2.24) is 4.72 Å². The number of nitrogens with one attached hydrogen (secondary N) is 1. The van der Waals surface area contributed by atoms with Crippen LogP contribution in [0.3, 0.4) is 0 Å². The van der Waals surface area contributed by atoms with Crippen molar-refractivity contribution in [1.29, 1.82) is 0 Å². The molecule has 0 aliphatic rings. The van der Waals surface area contributed by atoms with Crippen LogP contribution in [0.15, 0.2) is 48.5 Å². The molecule has 0 saturated heterocycles. The van der Waals surface area contributed by atoms with Crippen LogP contribution in [0.1, 0.15) is 5.56 Å². The van der Waals surface area contributed by atoms with E-state index >= 15 is 0 Å². The van der Waals surface area contributed by atoms with Gasteiger partial charge in [-0.25, -0.2) is 17.5 Å². The number of halogens is 2. The quantitative estimate of drug-likeness (QED) is 0.790. The Bertz CT molecular complexity index is 735. The van der Waals surface area contributed by atoms with Crippen molar-refractivity contribution in [2.45, 2.75) is 6.42 Å². The van der Waals surface area contributed by atoms with Crippen LogP contribution >= 0.6 is 11.6 Å². The SMILES string of the molecule is O=S(=O)(CCOc1ccc(F)cc1)NCCc1cccc(Cl)c1. The Hall–Kier alpha value is -1.63. The molecule has 0 saturated carbocycles. The zero-order valence-corrected chi connectivity index (χ0v) is 13.9. The van der Waals surface area contributed by atoms with Crippen LogP contribution in [0, 0.1) is 5.82 Å². The van der Waals surface area contributed by atoms with Gasteiger partial charge in [0.25, 0.3) is 0 Å². The van der Waals surface area contributed by atoms with Gasteiger partial charge in [-0.05, 0) is 48.4 Å². The summed E-state index contributed by atoms with van der Waals surface area (Å²) in [7, 11) is -3.42. The maximum Gasteiger partial charge on any atom is 0.214 e. The Morgan fingerprint density at radius 3 is 2.57 bits per heavy atom. The Labute approximate surface area is 140 Å². The lowest BCUT2D eigenvalue weighted by Gasteiger charge is -2.08. The van der Waals surface area contributed by atoms with Gasteiger partial charge in [0.1, 0.15) is 18.2 Å². The molecule has 2 aromatic carbocycles. The molecule has 124 valence electrons. The molecule has 0 radical (unpaired) electrons. The first-order chi connectivity index (χ1) is 10.9. The molecule has 1 N–H and O–H groups in total. The Morgan fingerprint density at radius 2 is 1.87 bits per heavy atom. The van der Waals surface area contributed by atoms with Gasteiger partial charge in [0, 0.05) is 11.6 Å². The summed E-state index contributed by atoms with van der Waals surface area (Å²) in [4.78, 5) is 0. The lowest BCUT2D eigenvalue weighted by atomic mass is 10.2. The van der Waals surface area contributed by atoms with Crippen molar-refractivity contribution >= 4 is 21.6 Å². The molecule has 0 aromatic heterocycles. The summed E-state index contributed by atoms with van der Waals surface area (Å²) in [6.45, 7) is 0.289. The molecule has 23 heavy (non-hydrogen) atoms. The van der Waals surface area contributed by atoms with Gasteiger partial charge in [0.05, 0.1) is 5.75 Å². The van der Waals surface area contributed by atoms with Crippen LogP contribution < -0.4 is 9.46 Å². The average Bonchev–Trinajstić information content (AvgIpc) is 2.49. The van der Waals surface area contributed by atoms with E-state index < -0.39 is 10.0 Å². The zero-order chi connectivity index (χ0) is 16.7. The molecule has 0 bridgehead atoms.